The number of piperidine rings is 1. The van der Waals surface area contributed by atoms with Crippen molar-refractivity contribution in [3.05, 3.63) is 0 Å². The van der Waals surface area contributed by atoms with Crippen LogP contribution in [0.2, 0.25) is 0 Å². The lowest BCUT2D eigenvalue weighted by molar-refractivity contribution is 0.0268. The van der Waals surface area contributed by atoms with Crippen LogP contribution in [0.5, 0.6) is 0 Å². The molecule has 2 fully saturated rings. The molecular weight excluding hydrogens is 232 g/mol. The van der Waals surface area contributed by atoms with Gasteiger partial charge in [0, 0.05) is 37.2 Å². The van der Waals surface area contributed by atoms with Crippen LogP contribution < -0.4 is 5.32 Å². The predicted molar refractivity (Wildman–Crippen MR) is 74.8 cm³/mol. The zero-order valence-electron chi connectivity index (χ0n) is 11.0. The van der Waals surface area contributed by atoms with Crippen LogP contribution in [-0.4, -0.2) is 61.3 Å². The summed E-state index contributed by atoms with van der Waals surface area (Å²) in [5.74, 6) is 2.61. The van der Waals surface area contributed by atoms with E-state index in [1.165, 1.54) is 43.9 Å². The van der Waals surface area contributed by atoms with E-state index in [0.29, 0.717) is 6.10 Å². The Morgan fingerprint density at radius 1 is 1.35 bits per heavy atom. The summed E-state index contributed by atoms with van der Waals surface area (Å²) in [6, 6.07) is 0.757. The third-order valence-corrected chi connectivity index (χ3v) is 4.92. The Labute approximate surface area is 110 Å². The van der Waals surface area contributed by atoms with E-state index in [9.17, 15) is 0 Å². The van der Waals surface area contributed by atoms with Crippen molar-refractivity contribution in [1.82, 2.24) is 10.2 Å². The lowest BCUT2D eigenvalue weighted by Crippen LogP contribution is -2.41. The van der Waals surface area contributed by atoms with Gasteiger partial charge in [0.1, 0.15) is 0 Å². The lowest BCUT2D eigenvalue weighted by Gasteiger charge is -2.33. The first-order valence-electron chi connectivity index (χ1n) is 7.00. The molecule has 0 aromatic carbocycles. The smallest absolute Gasteiger partial charge is 0.0599 e. The normalized spacial score (nSPS) is 28.4. The van der Waals surface area contributed by atoms with E-state index in [1.54, 1.807) is 0 Å². The quantitative estimate of drug-likeness (QED) is 0.757. The molecule has 2 rings (SSSR count). The van der Waals surface area contributed by atoms with Crippen molar-refractivity contribution < 1.29 is 4.74 Å². The summed E-state index contributed by atoms with van der Waals surface area (Å²) >= 11 is 2.09. The molecule has 2 aliphatic rings. The number of rotatable bonds is 5. The van der Waals surface area contributed by atoms with E-state index in [2.05, 4.69) is 28.9 Å². The molecule has 17 heavy (non-hydrogen) atoms. The molecule has 1 unspecified atom stereocenters. The minimum Gasteiger partial charge on any atom is -0.378 e. The van der Waals surface area contributed by atoms with E-state index < -0.39 is 0 Å². The van der Waals surface area contributed by atoms with Gasteiger partial charge in [-0.2, -0.15) is 11.8 Å². The number of thioether (sulfide) groups is 1. The van der Waals surface area contributed by atoms with E-state index in [1.807, 2.05) is 0 Å². The molecular formula is C13H26N2OS. The zero-order chi connectivity index (χ0) is 11.9. The van der Waals surface area contributed by atoms with Crippen LogP contribution in [0.15, 0.2) is 0 Å². The van der Waals surface area contributed by atoms with E-state index in [0.717, 1.165) is 25.7 Å². The Hall–Kier alpha value is 0.230. The fourth-order valence-electron chi connectivity index (χ4n) is 2.57. The molecule has 4 heteroatoms. The third kappa shape index (κ3) is 4.78. The van der Waals surface area contributed by atoms with Crippen molar-refractivity contribution in [2.45, 2.75) is 38.3 Å². The number of hydrogen-bond acceptors (Lipinski definition) is 4. The average Bonchev–Trinajstić information content (AvgIpc) is 2.38. The maximum Gasteiger partial charge on any atom is 0.0599 e. The van der Waals surface area contributed by atoms with Crippen LogP contribution in [0.4, 0.5) is 0 Å². The van der Waals surface area contributed by atoms with Gasteiger partial charge in [0.2, 0.25) is 0 Å². The molecule has 0 amide bonds. The Kier molecular flexibility index (Phi) is 6.12. The Balaban J connectivity index is 1.53. The largest absolute Gasteiger partial charge is 0.378 e. The minimum absolute atomic E-state index is 0.519. The summed E-state index contributed by atoms with van der Waals surface area (Å²) in [5.41, 5.74) is 0. The molecule has 3 nitrogen and oxygen atoms in total. The Morgan fingerprint density at radius 2 is 2.18 bits per heavy atom. The molecule has 0 aromatic rings. The fraction of sp³-hybridized carbons (Fsp3) is 1.00. The van der Waals surface area contributed by atoms with Crippen molar-refractivity contribution >= 4 is 11.8 Å². The van der Waals surface area contributed by atoms with Crippen LogP contribution in [-0.2, 0) is 4.74 Å². The molecule has 1 N–H and O–H groups in total. The summed E-state index contributed by atoms with van der Waals surface area (Å²) < 4.78 is 5.94. The summed E-state index contributed by atoms with van der Waals surface area (Å²) in [6.07, 6.45) is 4.09. The first kappa shape index (κ1) is 13.7. The summed E-state index contributed by atoms with van der Waals surface area (Å²) in [4.78, 5) is 2.61. The summed E-state index contributed by atoms with van der Waals surface area (Å²) in [7, 11) is 0. The van der Waals surface area contributed by atoms with Crippen LogP contribution in [0.1, 0.15) is 26.2 Å². The number of nitrogens with zero attached hydrogens (tertiary/aromatic N) is 1. The molecule has 0 spiro atoms. The van der Waals surface area contributed by atoms with Crippen LogP contribution in [0.25, 0.3) is 0 Å². The Morgan fingerprint density at radius 3 is 2.94 bits per heavy atom. The molecule has 2 heterocycles. The van der Waals surface area contributed by atoms with Crippen molar-refractivity contribution in [3.8, 4) is 0 Å². The van der Waals surface area contributed by atoms with Crippen LogP contribution in [0, 0.1) is 0 Å². The second-order valence-corrected chi connectivity index (χ2v) is 6.28. The van der Waals surface area contributed by atoms with Gasteiger partial charge in [-0.15, -0.1) is 0 Å². The lowest BCUT2D eigenvalue weighted by atomic mass is 10.1. The van der Waals surface area contributed by atoms with Gasteiger partial charge in [0.25, 0.3) is 0 Å². The fourth-order valence-corrected chi connectivity index (χ4v) is 3.66. The third-order valence-electron chi connectivity index (χ3n) is 3.73. The molecule has 2 aliphatic heterocycles. The maximum absolute atomic E-state index is 5.94. The van der Waals surface area contributed by atoms with E-state index in [4.69, 9.17) is 4.74 Å². The van der Waals surface area contributed by atoms with Gasteiger partial charge >= 0.3 is 0 Å². The highest BCUT2D eigenvalue weighted by Gasteiger charge is 2.18. The number of nitrogens with one attached hydrogen (secondary N) is 1. The van der Waals surface area contributed by atoms with Crippen molar-refractivity contribution in [2.75, 3.05) is 44.3 Å². The standard InChI is InChI=1S/C13H26N2OS/c1-12-11-17-10-8-15(12)7-2-9-16-13-3-5-14-6-4-13/h12-14H,2-11H2,1H3. The molecule has 0 radical (unpaired) electrons. The molecule has 2 saturated heterocycles. The van der Waals surface area contributed by atoms with Gasteiger partial charge in [-0.05, 0) is 39.3 Å². The SMILES string of the molecule is CC1CSCCN1CCCOC1CCNCC1. The van der Waals surface area contributed by atoms with Gasteiger partial charge < -0.3 is 10.1 Å². The minimum atomic E-state index is 0.519. The molecule has 0 aliphatic carbocycles. The molecule has 0 saturated carbocycles. The monoisotopic (exact) mass is 258 g/mol. The first-order valence-corrected chi connectivity index (χ1v) is 8.16. The zero-order valence-corrected chi connectivity index (χ0v) is 11.8. The topological polar surface area (TPSA) is 24.5 Å². The van der Waals surface area contributed by atoms with Gasteiger partial charge in [-0.1, -0.05) is 0 Å². The number of hydrogen-bond donors (Lipinski definition) is 1. The highest BCUT2D eigenvalue weighted by Crippen LogP contribution is 2.16. The van der Waals surface area contributed by atoms with Gasteiger partial charge in [0.05, 0.1) is 6.10 Å². The second kappa shape index (κ2) is 7.62. The highest BCUT2D eigenvalue weighted by atomic mass is 32.2. The van der Waals surface area contributed by atoms with Crippen LogP contribution >= 0.6 is 11.8 Å². The van der Waals surface area contributed by atoms with Gasteiger partial charge in [0.15, 0.2) is 0 Å². The second-order valence-electron chi connectivity index (χ2n) is 5.13. The van der Waals surface area contributed by atoms with Crippen molar-refractivity contribution in [1.29, 1.82) is 0 Å². The predicted octanol–water partition coefficient (Wildman–Crippen LogP) is 1.58. The molecule has 0 bridgehead atoms. The van der Waals surface area contributed by atoms with Crippen molar-refractivity contribution in [3.63, 3.8) is 0 Å². The maximum atomic E-state index is 5.94. The highest BCUT2D eigenvalue weighted by molar-refractivity contribution is 7.99. The molecule has 1 atom stereocenters. The van der Waals surface area contributed by atoms with E-state index in [-0.39, 0.29) is 0 Å². The number of ether oxygens (including phenoxy) is 1. The Bertz CT molecular complexity index is 210. The van der Waals surface area contributed by atoms with Crippen LogP contribution in [0.3, 0.4) is 0 Å². The first-order chi connectivity index (χ1) is 8.36. The van der Waals surface area contributed by atoms with E-state index >= 15 is 0 Å². The van der Waals surface area contributed by atoms with Gasteiger partial charge in [-0.3, -0.25) is 4.90 Å². The summed E-state index contributed by atoms with van der Waals surface area (Å²) in [5, 5.41) is 3.37. The average molecular weight is 258 g/mol. The van der Waals surface area contributed by atoms with Crippen molar-refractivity contribution in [2.24, 2.45) is 0 Å². The molecule has 0 aromatic heterocycles. The van der Waals surface area contributed by atoms with Gasteiger partial charge in [-0.25, -0.2) is 0 Å². The summed E-state index contributed by atoms with van der Waals surface area (Å²) in [6.45, 7) is 8.03. The molecule has 100 valence electrons.